The SMILES string of the molecule is CC(C)NC(=O)N(C)C[C@H]1Oc2ccc(NC(=O)C3CCCCC3)cc2C(=O)N([C@H](C)CO)C[C@@H]1C. The summed E-state index contributed by atoms with van der Waals surface area (Å²) >= 11 is 0. The Morgan fingerprint density at radius 3 is 2.53 bits per heavy atom. The van der Waals surface area contributed by atoms with E-state index in [9.17, 15) is 19.5 Å². The Balaban J connectivity index is 1.87. The first-order valence-electron chi connectivity index (χ1n) is 13.2. The number of ether oxygens (including phenoxy) is 1. The molecule has 1 aliphatic carbocycles. The number of anilines is 1. The molecule has 0 radical (unpaired) electrons. The van der Waals surface area contributed by atoms with Crippen molar-refractivity contribution < 1.29 is 24.2 Å². The summed E-state index contributed by atoms with van der Waals surface area (Å²) in [5.41, 5.74) is 0.888. The van der Waals surface area contributed by atoms with E-state index in [1.165, 1.54) is 6.42 Å². The molecule has 0 unspecified atom stereocenters. The van der Waals surface area contributed by atoms with Gasteiger partial charge in [0.05, 0.1) is 24.8 Å². The number of nitrogens with one attached hydrogen (secondary N) is 2. The Bertz CT molecular complexity index is 931. The smallest absolute Gasteiger partial charge is 0.317 e. The summed E-state index contributed by atoms with van der Waals surface area (Å²) in [6.45, 7) is 8.11. The molecule has 3 N–H and O–H groups in total. The molecule has 0 aromatic heterocycles. The van der Waals surface area contributed by atoms with E-state index in [1.54, 1.807) is 42.0 Å². The van der Waals surface area contributed by atoms with Crippen molar-refractivity contribution in [1.29, 1.82) is 0 Å². The molecule has 0 bridgehead atoms. The van der Waals surface area contributed by atoms with Crippen LogP contribution in [-0.4, -0.2) is 77.7 Å². The van der Waals surface area contributed by atoms with Crippen LogP contribution in [0, 0.1) is 11.8 Å². The van der Waals surface area contributed by atoms with Crippen LogP contribution in [0.5, 0.6) is 5.75 Å². The van der Waals surface area contributed by atoms with Crippen molar-refractivity contribution in [3.05, 3.63) is 23.8 Å². The van der Waals surface area contributed by atoms with E-state index < -0.39 is 6.04 Å². The van der Waals surface area contributed by atoms with Crippen LogP contribution in [0.4, 0.5) is 10.5 Å². The molecule has 0 spiro atoms. The average Bonchev–Trinajstić information content (AvgIpc) is 2.86. The van der Waals surface area contributed by atoms with Gasteiger partial charge in [-0.05, 0) is 51.8 Å². The van der Waals surface area contributed by atoms with E-state index in [0.717, 1.165) is 25.7 Å². The molecule has 36 heavy (non-hydrogen) atoms. The molecule has 9 heteroatoms. The van der Waals surface area contributed by atoms with Crippen LogP contribution >= 0.6 is 0 Å². The summed E-state index contributed by atoms with van der Waals surface area (Å²) in [7, 11) is 1.72. The second-order valence-corrected chi connectivity index (χ2v) is 10.6. The van der Waals surface area contributed by atoms with Crippen LogP contribution in [-0.2, 0) is 4.79 Å². The monoisotopic (exact) mass is 502 g/mol. The number of urea groups is 1. The molecular weight excluding hydrogens is 460 g/mol. The third kappa shape index (κ3) is 6.90. The van der Waals surface area contributed by atoms with Gasteiger partial charge in [0.2, 0.25) is 5.91 Å². The molecule has 1 heterocycles. The van der Waals surface area contributed by atoms with E-state index in [0.29, 0.717) is 30.1 Å². The van der Waals surface area contributed by atoms with E-state index in [4.69, 9.17) is 4.74 Å². The van der Waals surface area contributed by atoms with Crippen LogP contribution in [0.1, 0.15) is 70.2 Å². The number of carbonyl (C=O) groups is 3. The van der Waals surface area contributed by atoms with Gasteiger partial charge in [-0.25, -0.2) is 4.79 Å². The fourth-order valence-corrected chi connectivity index (χ4v) is 4.84. The molecule has 1 saturated carbocycles. The lowest BCUT2D eigenvalue weighted by atomic mass is 9.88. The molecule has 3 rings (SSSR count). The number of hydrogen-bond donors (Lipinski definition) is 3. The van der Waals surface area contributed by atoms with Gasteiger partial charge in [-0.1, -0.05) is 26.2 Å². The number of nitrogens with zero attached hydrogens (tertiary/aromatic N) is 2. The maximum Gasteiger partial charge on any atom is 0.317 e. The second-order valence-electron chi connectivity index (χ2n) is 10.6. The zero-order chi connectivity index (χ0) is 26.4. The third-order valence-corrected chi connectivity index (χ3v) is 7.12. The van der Waals surface area contributed by atoms with Gasteiger partial charge >= 0.3 is 6.03 Å². The van der Waals surface area contributed by atoms with Crippen LogP contribution in [0.2, 0.25) is 0 Å². The Kier molecular flexibility index (Phi) is 9.59. The Morgan fingerprint density at radius 1 is 1.19 bits per heavy atom. The topological polar surface area (TPSA) is 111 Å². The molecule has 1 aromatic rings. The molecule has 0 saturated heterocycles. The maximum absolute atomic E-state index is 13.6. The Hall–Kier alpha value is -2.81. The zero-order valence-corrected chi connectivity index (χ0v) is 22.3. The number of likely N-dealkylation sites (N-methyl/N-ethyl adjacent to an activating group) is 1. The quantitative estimate of drug-likeness (QED) is 0.529. The highest BCUT2D eigenvalue weighted by atomic mass is 16.5. The molecule has 9 nitrogen and oxygen atoms in total. The van der Waals surface area contributed by atoms with Gasteiger partial charge in [0, 0.05) is 37.2 Å². The number of rotatable bonds is 7. The number of hydrogen-bond acceptors (Lipinski definition) is 5. The summed E-state index contributed by atoms with van der Waals surface area (Å²) in [5.74, 6) is 0.0303. The van der Waals surface area contributed by atoms with Crippen LogP contribution in [0.3, 0.4) is 0 Å². The molecule has 1 aliphatic heterocycles. The van der Waals surface area contributed by atoms with Gasteiger partial charge in [-0.2, -0.15) is 0 Å². The number of carbonyl (C=O) groups excluding carboxylic acids is 3. The molecule has 3 atom stereocenters. The molecule has 2 aliphatic rings. The van der Waals surface area contributed by atoms with Crippen molar-refractivity contribution >= 4 is 23.5 Å². The first kappa shape index (κ1) is 27.8. The molecule has 200 valence electrons. The predicted octanol–water partition coefficient (Wildman–Crippen LogP) is 3.48. The number of aliphatic hydroxyl groups is 1. The standard InChI is InChI=1S/C27H42N4O5/c1-17(2)28-27(35)30(5)15-24-18(3)14-31(19(4)16-32)26(34)22-13-21(11-12-23(22)36-24)29-25(33)20-9-7-6-8-10-20/h11-13,17-20,24,32H,6-10,14-16H2,1-5H3,(H,28,35)(H,29,33)/t18-,19+,24+/m0/s1. The first-order valence-corrected chi connectivity index (χ1v) is 13.2. The minimum absolute atomic E-state index is 0.00336. The van der Waals surface area contributed by atoms with Gasteiger partial charge in [-0.3, -0.25) is 9.59 Å². The van der Waals surface area contributed by atoms with Crippen molar-refractivity contribution in [3.63, 3.8) is 0 Å². The highest BCUT2D eigenvalue weighted by Gasteiger charge is 2.34. The van der Waals surface area contributed by atoms with Gasteiger partial charge in [-0.15, -0.1) is 0 Å². The second kappa shape index (κ2) is 12.4. The van der Waals surface area contributed by atoms with Crippen molar-refractivity contribution in [2.45, 2.75) is 78.0 Å². The van der Waals surface area contributed by atoms with Crippen LogP contribution in [0.25, 0.3) is 0 Å². The predicted molar refractivity (Wildman–Crippen MR) is 139 cm³/mol. The Morgan fingerprint density at radius 2 is 1.89 bits per heavy atom. The van der Waals surface area contributed by atoms with Crippen molar-refractivity contribution in [2.24, 2.45) is 11.8 Å². The van der Waals surface area contributed by atoms with Gasteiger partial charge in [0.25, 0.3) is 5.91 Å². The van der Waals surface area contributed by atoms with Crippen molar-refractivity contribution in [1.82, 2.24) is 15.1 Å². The van der Waals surface area contributed by atoms with Crippen molar-refractivity contribution in [2.75, 3.05) is 32.1 Å². The van der Waals surface area contributed by atoms with Gasteiger partial charge in [0.15, 0.2) is 0 Å². The highest BCUT2D eigenvalue weighted by molar-refractivity contribution is 6.00. The number of benzene rings is 1. The molecular formula is C27H42N4O5. The fourth-order valence-electron chi connectivity index (χ4n) is 4.84. The minimum Gasteiger partial charge on any atom is -0.487 e. The summed E-state index contributed by atoms with van der Waals surface area (Å²) in [6.07, 6.45) is 4.69. The first-order chi connectivity index (χ1) is 17.1. The average molecular weight is 503 g/mol. The van der Waals surface area contributed by atoms with E-state index >= 15 is 0 Å². The van der Waals surface area contributed by atoms with Gasteiger partial charge < -0.3 is 30.3 Å². The van der Waals surface area contributed by atoms with Gasteiger partial charge in [0.1, 0.15) is 11.9 Å². The zero-order valence-electron chi connectivity index (χ0n) is 22.3. The van der Waals surface area contributed by atoms with E-state index in [2.05, 4.69) is 10.6 Å². The lowest BCUT2D eigenvalue weighted by Crippen LogP contribution is -2.51. The number of amides is 4. The van der Waals surface area contributed by atoms with Crippen LogP contribution in [0.15, 0.2) is 18.2 Å². The molecule has 4 amide bonds. The van der Waals surface area contributed by atoms with Crippen LogP contribution < -0.4 is 15.4 Å². The normalized spacial score (nSPS) is 21.6. The Labute approximate surface area is 214 Å². The lowest BCUT2D eigenvalue weighted by molar-refractivity contribution is -0.120. The summed E-state index contributed by atoms with van der Waals surface area (Å²) in [4.78, 5) is 42.1. The number of aliphatic hydroxyl groups excluding tert-OH is 1. The summed E-state index contributed by atoms with van der Waals surface area (Å²) < 4.78 is 6.34. The van der Waals surface area contributed by atoms with E-state index in [-0.39, 0.29) is 48.4 Å². The highest BCUT2D eigenvalue weighted by Crippen LogP contribution is 2.31. The van der Waals surface area contributed by atoms with Crippen molar-refractivity contribution in [3.8, 4) is 5.75 Å². The minimum atomic E-state index is -0.394. The maximum atomic E-state index is 13.6. The fraction of sp³-hybridized carbons (Fsp3) is 0.667. The molecule has 1 fully saturated rings. The molecule has 1 aromatic carbocycles. The third-order valence-electron chi connectivity index (χ3n) is 7.12. The summed E-state index contributed by atoms with van der Waals surface area (Å²) in [6, 6.07) is 4.56. The largest absolute Gasteiger partial charge is 0.487 e. The lowest BCUT2D eigenvalue weighted by Gasteiger charge is -2.38. The van der Waals surface area contributed by atoms with E-state index in [1.807, 2.05) is 20.8 Å². The summed E-state index contributed by atoms with van der Waals surface area (Å²) in [5, 5.41) is 15.7. The number of fused-ring (bicyclic) bond motifs is 1.